The number of fused-ring (bicyclic) bond motifs is 17. The second-order valence-electron chi connectivity index (χ2n) is 13.7. The van der Waals surface area contributed by atoms with Crippen molar-refractivity contribution < 1.29 is 143 Å². The molecule has 0 fully saturated rings. The van der Waals surface area contributed by atoms with E-state index >= 15 is 0 Å². The minimum absolute atomic E-state index is 0. The fourth-order valence-corrected chi connectivity index (χ4v) is 8.60. The fourth-order valence-electron chi connectivity index (χ4n) is 7.11. The van der Waals surface area contributed by atoms with Crippen LogP contribution in [0, 0.1) is 10.4 Å². The maximum Gasteiger partial charge on any atom is 1.00 e. The van der Waals surface area contributed by atoms with E-state index in [9.17, 15) is 49.1 Å². The van der Waals surface area contributed by atoms with Gasteiger partial charge in [-0.3, -0.25) is 0 Å². The summed E-state index contributed by atoms with van der Waals surface area (Å²) in [6.07, 6.45) is 0. The van der Waals surface area contributed by atoms with Gasteiger partial charge in [0.15, 0.2) is 35.0 Å². The number of H-pyrrole nitrogens is 1. The number of aromatic nitrogens is 1. The van der Waals surface area contributed by atoms with E-state index in [0.29, 0.717) is 21.2 Å². The number of hydrogen-bond acceptors (Lipinski definition) is 18. The van der Waals surface area contributed by atoms with Crippen molar-refractivity contribution in [2.75, 3.05) is 0 Å². The maximum absolute atomic E-state index is 12.2. The third-order valence-corrected chi connectivity index (χ3v) is 12.5. The van der Waals surface area contributed by atoms with Crippen LogP contribution in [0.25, 0.3) is 16.7 Å². The predicted molar refractivity (Wildman–Crippen MR) is 218 cm³/mol. The number of hydrogen-bond donors (Lipinski definition) is 1. The van der Waals surface area contributed by atoms with Crippen molar-refractivity contribution in [3.05, 3.63) is 152 Å². The fraction of sp³-hybridized carbons (Fsp3) is 0. The van der Waals surface area contributed by atoms with E-state index in [1.54, 1.807) is 30.3 Å². The summed E-state index contributed by atoms with van der Waals surface area (Å²) < 4.78 is 109. The summed E-state index contributed by atoms with van der Waals surface area (Å²) in [5.74, 6) is -1.94. The zero-order valence-electron chi connectivity index (χ0n) is 34.2. The third-order valence-electron chi connectivity index (χ3n) is 10.00. The van der Waals surface area contributed by atoms with Gasteiger partial charge in [0.2, 0.25) is 0 Å². The Kier molecular flexibility index (Phi) is 15.6. The molecule has 0 spiro atoms. The Hall–Kier alpha value is -3.74. The van der Waals surface area contributed by atoms with Gasteiger partial charge in [-0.15, -0.1) is 0 Å². The molecule has 6 aromatic rings. The van der Waals surface area contributed by atoms with Crippen molar-refractivity contribution in [3.63, 3.8) is 0 Å². The Bertz CT molecular complexity index is 3870. The van der Waals surface area contributed by atoms with Crippen LogP contribution in [0.1, 0.15) is 33.4 Å². The van der Waals surface area contributed by atoms with Gasteiger partial charge in [0.25, 0.3) is 0 Å². The van der Waals surface area contributed by atoms with Crippen LogP contribution >= 0.6 is 0 Å². The van der Waals surface area contributed by atoms with Gasteiger partial charge in [0, 0.05) is 63.9 Å². The first-order valence-corrected chi connectivity index (χ1v) is 21.6. The Morgan fingerprint density at radius 3 is 1.18 bits per heavy atom. The molecule has 0 saturated carbocycles. The second-order valence-corrected chi connectivity index (χ2v) is 17.8. The Balaban J connectivity index is 0.00000163. The minimum Gasteiger partial charge on any atom is -0.884 e. The summed E-state index contributed by atoms with van der Waals surface area (Å²) in [4.78, 5) is 33.8. The smallest absolute Gasteiger partial charge is 0.884 e. The van der Waals surface area contributed by atoms with Crippen molar-refractivity contribution in [2.24, 2.45) is 34.9 Å². The van der Waals surface area contributed by atoms with Crippen LogP contribution in [0.2, 0.25) is 0 Å². The summed E-state index contributed by atoms with van der Waals surface area (Å²) in [7, 11) is -15.0. The van der Waals surface area contributed by atoms with E-state index in [2.05, 4.69) is 29.9 Å². The Morgan fingerprint density at radius 2 is 0.788 bits per heavy atom. The van der Waals surface area contributed by atoms with Gasteiger partial charge in [0.05, 0.1) is 14.7 Å². The first-order valence-electron chi connectivity index (χ1n) is 17.4. The molecular formula is C39H19GaN8Na3O12S3-2. The first kappa shape index (κ1) is 53.2. The van der Waals surface area contributed by atoms with Crippen LogP contribution in [-0.4, -0.2) is 104 Å². The zero-order valence-corrected chi connectivity index (χ0v) is 45.0. The average Bonchev–Trinajstić information content (AvgIpc) is 3.94. The molecule has 313 valence electrons. The number of amidine groups is 6. The predicted octanol–water partition coefficient (Wildman–Crippen LogP) is -10.4. The van der Waals surface area contributed by atoms with Crippen LogP contribution in [0.5, 0.6) is 0 Å². The Morgan fingerprint density at radius 1 is 0.424 bits per heavy atom. The van der Waals surface area contributed by atoms with Crippen molar-refractivity contribution in [2.45, 2.75) is 14.7 Å². The monoisotopic (exact) mass is 1020 g/mol. The van der Waals surface area contributed by atoms with Gasteiger partial charge < -0.3 is 34.3 Å². The molecule has 0 atom stereocenters. The summed E-state index contributed by atoms with van der Waals surface area (Å²) in [5, 5.41) is 24.9. The van der Waals surface area contributed by atoms with E-state index in [0.717, 1.165) is 36.4 Å². The summed E-state index contributed by atoms with van der Waals surface area (Å²) >= 11 is 0. The van der Waals surface area contributed by atoms with Gasteiger partial charge >= 0.3 is 88.7 Å². The number of nitrogens with one attached hydrogen (secondary N) is 1. The van der Waals surface area contributed by atoms with Crippen molar-refractivity contribution in [1.29, 1.82) is 0 Å². The molecule has 20 nitrogen and oxygen atoms in total. The van der Waals surface area contributed by atoms with E-state index in [-0.39, 0.29) is 199 Å². The van der Waals surface area contributed by atoms with Crippen molar-refractivity contribution in [1.82, 2.24) is 4.98 Å². The number of nitrogens with zero attached hydrogens (tertiary/aromatic N) is 7. The molecule has 27 heteroatoms. The van der Waals surface area contributed by atoms with E-state index in [1.165, 1.54) is 30.3 Å². The normalized spacial score (nSPS) is 14.2. The summed E-state index contributed by atoms with van der Waals surface area (Å²) in [6.45, 7) is 0. The van der Waals surface area contributed by atoms with Gasteiger partial charge in [-0.25, -0.2) is 60.2 Å². The van der Waals surface area contributed by atoms with E-state index < -0.39 is 51.0 Å². The quantitative estimate of drug-likeness (QED) is 0.128. The van der Waals surface area contributed by atoms with Crippen LogP contribution in [0.3, 0.4) is 0 Å². The molecule has 5 aromatic carbocycles. The summed E-state index contributed by atoms with van der Waals surface area (Å²) in [5.41, 5.74) is 0.909. The van der Waals surface area contributed by atoms with Crippen molar-refractivity contribution in [3.8, 4) is 0 Å². The molecule has 0 aliphatic carbocycles. The molecule has 1 aromatic heterocycles. The Labute approximate surface area is 451 Å². The molecule has 0 saturated heterocycles. The zero-order chi connectivity index (χ0) is 42.7. The standard InChI is InChI=1S/C39H22N8O11S3.Ga.3Na.H2O/c48-39(49)18-3-1-17(2-4-18)19-5-9-23-27(13-19)35-40-31(23)42-36-29-15-21(60(53,54)55)7-11-25(29)33(44-36)46-38-30-16-22(61(56,57)58)8-12-26(30)34(47-38)45-37-28-14-20(59(50,51)52)6-10-24(28)32(41-35)43-37;;;;;/h1-16,48-49H,(H,50,51,52)(H,53,54,55)(H,56,57,58)(H,40,41,42,43,44,45,46,47);;;;;1H2/q;;3*+1;/p-5. The molecule has 3 N–H and O–H groups in total. The van der Waals surface area contributed by atoms with E-state index in [4.69, 9.17) is 9.98 Å². The van der Waals surface area contributed by atoms with Gasteiger partial charge in [-0.05, 0) is 82.4 Å². The number of aliphatic imine (C=N–C) groups is 6. The number of benzene rings is 5. The molecule has 3 radical (unpaired) electrons. The molecule has 10 rings (SSSR count). The first-order chi connectivity index (χ1) is 28.9. The van der Waals surface area contributed by atoms with Crippen LogP contribution < -0.4 is 110 Å². The topological polar surface area (TPSA) is 352 Å². The van der Waals surface area contributed by atoms with Gasteiger partial charge in [-0.1, -0.05) is 30.3 Å². The molecule has 0 amide bonds. The maximum atomic E-state index is 12.2. The number of rotatable bonds is 3. The van der Waals surface area contributed by atoms with Gasteiger partial charge in [-0.2, -0.15) is 5.95 Å². The molecule has 4 aliphatic heterocycles. The molecular weight excluding hydrogens is 1010 g/mol. The molecule has 5 heterocycles. The van der Waals surface area contributed by atoms with Gasteiger partial charge in [0.1, 0.15) is 41.7 Å². The molecule has 0 unspecified atom stereocenters. The van der Waals surface area contributed by atoms with Crippen molar-refractivity contribution >= 4 is 108 Å². The minimum atomic E-state index is -5.00. The molecule has 8 bridgehead atoms. The second kappa shape index (κ2) is 19.3. The third kappa shape index (κ3) is 9.63. The van der Waals surface area contributed by atoms with Crippen LogP contribution in [0.15, 0.2) is 147 Å². The SMILES string of the molecule is O.O=S(=O)([O-])c1ccc2c(c1)C1=NC3=NC(=Nc4[nH]c(c5cc(=c6ccc(=C([O-])[O-])cc6)ccc45)=NC4=NC(=NC2=N1)c1cc(S(=O)(=O)[O-])ccc14)c1cc(S(=O)(=O)[O-])ccc13.[Ga].[Na+].[Na+].[Na+]. The van der Waals surface area contributed by atoms with E-state index in [1.807, 2.05) is 0 Å². The number of aromatic amines is 1. The largest absolute Gasteiger partial charge is 1.00 e. The van der Waals surface area contributed by atoms with Crippen LogP contribution in [0.4, 0.5) is 5.82 Å². The molecule has 4 aliphatic rings. The summed E-state index contributed by atoms with van der Waals surface area (Å²) in [6, 6.07) is 21.3. The average molecular weight is 1030 g/mol. The van der Waals surface area contributed by atoms with Crippen LogP contribution in [-0.2, 0) is 30.4 Å². The molecule has 66 heavy (non-hydrogen) atoms.